The molecule has 1 N–H and O–H groups in total. The Morgan fingerprint density at radius 2 is 1.62 bits per heavy atom. The minimum atomic E-state index is -0.447. The Kier molecular flexibility index (Phi) is 6.16. The van der Waals surface area contributed by atoms with Crippen LogP contribution in [0.5, 0.6) is 5.75 Å². The van der Waals surface area contributed by atoms with Gasteiger partial charge in [-0.1, -0.05) is 35.1 Å². The van der Waals surface area contributed by atoms with Crippen molar-refractivity contribution in [3.05, 3.63) is 93.5 Å². The summed E-state index contributed by atoms with van der Waals surface area (Å²) in [6.45, 7) is 0. The van der Waals surface area contributed by atoms with Crippen molar-refractivity contribution in [2.24, 2.45) is 0 Å². The van der Waals surface area contributed by atoms with Crippen LogP contribution in [0.25, 0.3) is 21.7 Å². The van der Waals surface area contributed by atoms with Crippen molar-refractivity contribution in [1.82, 2.24) is 4.98 Å². The Morgan fingerprint density at radius 1 is 1.00 bits per heavy atom. The molecule has 0 unspecified atom stereocenters. The van der Waals surface area contributed by atoms with Crippen LogP contribution in [0.2, 0.25) is 5.02 Å². The molecular weight excluding hydrogens is 450 g/mol. The normalized spacial score (nSPS) is 10.6. The number of nitrogens with one attached hydrogen (secondary N) is 1. The van der Waals surface area contributed by atoms with Crippen molar-refractivity contribution in [2.75, 3.05) is 12.4 Å². The van der Waals surface area contributed by atoms with Gasteiger partial charge in [0.25, 0.3) is 11.6 Å². The molecule has 9 heteroatoms. The number of nitro groups is 1. The zero-order valence-electron chi connectivity index (χ0n) is 16.7. The highest BCUT2D eigenvalue weighted by Gasteiger charge is 2.18. The first-order chi connectivity index (χ1) is 15.4. The van der Waals surface area contributed by atoms with Gasteiger partial charge in [0.05, 0.1) is 22.6 Å². The van der Waals surface area contributed by atoms with Gasteiger partial charge in [-0.2, -0.15) is 0 Å². The summed E-state index contributed by atoms with van der Waals surface area (Å²) in [5.41, 5.74) is 2.67. The maximum Gasteiger partial charge on any atom is 0.269 e. The van der Waals surface area contributed by atoms with Crippen LogP contribution in [-0.4, -0.2) is 22.9 Å². The molecule has 160 valence electrons. The van der Waals surface area contributed by atoms with Crippen molar-refractivity contribution in [3.63, 3.8) is 0 Å². The van der Waals surface area contributed by atoms with Crippen LogP contribution in [0.3, 0.4) is 0 Å². The fraction of sp³-hybridized carbons (Fsp3) is 0.0435. The molecule has 0 bridgehead atoms. The van der Waals surface area contributed by atoms with E-state index in [1.807, 2.05) is 12.1 Å². The third-order valence-corrected chi connectivity index (χ3v) is 5.93. The summed E-state index contributed by atoms with van der Waals surface area (Å²) in [7, 11) is 1.56. The molecule has 1 amide bonds. The second kappa shape index (κ2) is 9.17. The summed E-state index contributed by atoms with van der Waals surface area (Å²) < 4.78 is 5.12. The largest absolute Gasteiger partial charge is 0.497 e. The van der Waals surface area contributed by atoms with Gasteiger partial charge in [0.2, 0.25) is 0 Å². The number of hydrogen-bond acceptors (Lipinski definition) is 6. The van der Waals surface area contributed by atoms with Crippen molar-refractivity contribution in [2.45, 2.75) is 0 Å². The number of hydrogen-bond donors (Lipinski definition) is 1. The summed E-state index contributed by atoms with van der Waals surface area (Å²) in [5.74, 6) is 0.348. The minimum absolute atomic E-state index is 0.000611. The lowest BCUT2D eigenvalue weighted by atomic mass is 10.1. The van der Waals surface area contributed by atoms with Crippen LogP contribution in [0.15, 0.2) is 72.8 Å². The minimum Gasteiger partial charge on any atom is -0.497 e. The van der Waals surface area contributed by atoms with E-state index in [2.05, 4.69) is 10.3 Å². The average Bonchev–Trinajstić information content (AvgIpc) is 3.23. The molecule has 0 spiro atoms. The molecule has 0 aliphatic rings. The van der Waals surface area contributed by atoms with Gasteiger partial charge in [0.1, 0.15) is 5.75 Å². The molecule has 1 heterocycles. The number of thiazole rings is 1. The molecule has 3 aromatic carbocycles. The Hall–Kier alpha value is -3.75. The highest BCUT2D eigenvalue weighted by Crippen LogP contribution is 2.40. The number of amides is 1. The lowest BCUT2D eigenvalue weighted by Gasteiger charge is -2.03. The number of ether oxygens (including phenoxy) is 1. The molecule has 1 aromatic heterocycles. The number of anilines is 1. The van der Waals surface area contributed by atoms with Crippen molar-refractivity contribution in [3.8, 4) is 27.4 Å². The number of nitrogens with zero attached hydrogens (tertiary/aromatic N) is 2. The predicted octanol–water partition coefficient (Wildman–Crippen LogP) is 6.30. The van der Waals surface area contributed by atoms with Crippen LogP contribution in [0.1, 0.15) is 10.4 Å². The fourth-order valence-corrected chi connectivity index (χ4v) is 4.13. The van der Waals surface area contributed by atoms with Crippen molar-refractivity contribution < 1.29 is 14.5 Å². The fourth-order valence-electron chi connectivity index (χ4n) is 3.02. The second-order valence-corrected chi connectivity index (χ2v) is 8.13. The highest BCUT2D eigenvalue weighted by molar-refractivity contribution is 7.19. The number of non-ortho nitro benzene ring substituents is 1. The molecule has 0 aliphatic carbocycles. The molecule has 0 fully saturated rings. The number of benzene rings is 3. The number of carbonyl (C=O) groups excluding carboxylic acids is 1. The molecule has 7 nitrogen and oxygen atoms in total. The Labute approximate surface area is 192 Å². The Morgan fingerprint density at radius 3 is 2.22 bits per heavy atom. The van der Waals surface area contributed by atoms with Crippen molar-refractivity contribution >= 4 is 39.7 Å². The predicted molar refractivity (Wildman–Crippen MR) is 126 cm³/mol. The molecule has 0 atom stereocenters. The summed E-state index contributed by atoms with van der Waals surface area (Å²) in [6, 6.07) is 20.1. The summed E-state index contributed by atoms with van der Waals surface area (Å²) in [5, 5.41) is 14.8. The van der Waals surface area contributed by atoms with Gasteiger partial charge in [-0.25, -0.2) is 4.98 Å². The van der Waals surface area contributed by atoms with Gasteiger partial charge >= 0.3 is 0 Å². The maximum absolute atomic E-state index is 12.7. The van der Waals surface area contributed by atoms with E-state index in [9.17, 15) is 14.9 Å². The molecule has 0 aliphatic heterocycles. The third-order valence-electron chi connectivity index (χ3n) is 4.66. The lowest BCUT2D eigenvalue weighted by Crippen LogP contribution is -2.11. The Bertz CT molecular complexity index is 1270. The third kappa shape index (κ3) is 4.61. The number of halogens is 1. The van der Waals surface area contributed by atoms with Crippen LogP contribution < -0.4 is 10.1 Å². The van der Waals surface area contributed by atoms with E-state index in [-0.39, 0.29) is 11.6 Å². The Balaban J connectivity index is 1.70. The lowest BCUT2D eigenvalue weighted by molar-refractivity contribution is -0.384. The standard InChI is InChI=1S/C23H16ClN3O4S/c1-31-19-12-6-16(7-13-19)22(28)26-23-25-20(14-2-8-17(24)9-3-14)21(32-23)15-4-10-18(11-5-15)27(29)30/h2-13H,1H3,(H,25,26,28). The van der Waals surface area contributed by atoms with Gasteiger partial charge in [0.15, 0.2) is 5.13 Å². The highest BCUT2D eigenvalue weighted by atomic mass is 35.5. The number of methoxy groups -OCH3 is 1. The van der Waals surface area contributed by atoms with E-state index in [0.717, 1.165) is 16.0 Å². The zero-order chi connectivity index (χ0) is 22.7. The second-order valence-electron chi connectivity index (χ2n) is 6.69. The van der Waals surface area contributed by atoms with Crippen LogP contribution >= 0.6 is 22.9 Å². The molecular formula is C23H16ClN3O4S. The first-order valence-corrected chi connectivity index (χ1v) is 10.6. The van der Waals surface area contributed by atoms with E-state index in [0.29, 0.717) is 27.2 Å². The van der Waals surface area contributed by atoms with Gasteiger partial charge in [-0.15, -0.1) is 0 Å². The van der Waals surface area contributed by atoms with E-state index in [4.69, 9.17) is 16.3 Å². The van der Waals surface area contributed by atoms with E-state index >= 15 is 0 Å². The first-order valence-electron chi connectivity index (χ1n) is 9.41. The quantitative estimate of drug-likeness (QED) is 0.266. The summed E-state index contributed by atoms with van der Waals surface area (Å²) in [6.07, 6.45) is 0. The van der Waals surface area contributed by atoms with E-state index in [1.54, 1.807) is 55.6 Å². The summed E-state index contributed by atoms with van der Waals surface area (Å²) in [4.78, 5) is 28.6. The monoisotopic (exact) mass is 465 g/mol. The van der Waals surface area contributed by atoms with Gasteiger partial charge < -0.3 is 4.74 Å². The maximum atomic E-state index is 12.7. The molecule has 4 aromatic rings. The average molecular weight is 466 g/mol. The smallest absolute Gasteiger partial charge is 0.269 e. The zero-order valence-corrected chi connectivity index (χ0v) is 18.3. The molecule has 0 radical (unpaired) electrons. The van der Waals surface area contributed by atoms with E-state index < -0.39 is 4.92 Å². The topological polar surface area (TPSA) is 94.4 Å². The summed E-state index contributed by atoms with van der Waals surface area (Å²) >= 11 is 7.30. The number of rotatable bonds is 6. The van der Waals surface area contributed by atoms with E-state index in [1.165, 1.54) is 23.5 Å². The molecule has 4 rings (SSSR count). The van der Waals surface area contributed by atoms with Gasteiger partial charge in [-0.3, -0.25) is 20.2 Å². The molecule has 32 heavy (non-hydrogen) atoms. The van der Waals surface area contributed by atoms with Gasteiger partial charge in [-0.05, 0) is 54.1 Å². The number of nitro benzene ring substituents is 1. The van der Waals surface area contributed by atoms with Gasteiger partial charge in [0, 0.05) is 28.3 Å². The molecule has 0 saturated carbocycles. The van der Waals surface area contributed by atoms with Crippen LogP contribution in [-0.2, 0) is 0 Å². The van der Waals surface area contributed by atoms with Crippen LogP contribution in [0.4, 0.5) is 10.8 Å². The number of carbonyl (C=O) groups is 1. The SMILES string of the molecule is COc1ccc(C(=O)Nc2nc(-c3ccc(Cl)cc3)c(-c3ccc([N+](=O)[O-])cc3)s2)cc1. The first kappa shape index (κ1) is 21.5. The van der Waals surface area contributed by atoms with Crippen LogP contribution in [0, 0.1) is 10.1 Å². The number of aromatic nitrogens is 1. The molecule has 0 saturated heterocycles. The van der Waals surface area contributed by atoms with Crippen molar-refractivity contribution in [1.29, 1.82) is 0 Å².